The van der Waals surface area contributed by atoms with Gasteiger partial charge in [0.2, 0.25) is 0 Å². The van der Waals surface area contributed by atoms with Crippen LogP contribution in [0.3, 0.4) is 0 Å². The van der Waals surface area contributed by atoms with Crippen molar-refractivity contribution >= 4 is 0 Å². The molecule has 0 aliphatic carbocycles. The lowest BCUT2D eigenvalue weighted by Crippen LogP contribution is -1.90. The van der Waals surface area contributed by atoms with Crippen LogP contribution in [0, 0.1) is 6.92 Å². The normalized spacial score (nSPS) is 9.80. The van der Waals surface area contributed by atoms with E-state index in [-0.39, 0.29) is 6.61 Å². The average Bonchev–Trinajstić information content (AvgIpc) is 1.94. The van der Waals surface area contributed by atoms with Crippen molar-refractivity contribution in [2.24, 2.45) is 0 Å². The Morgan fingerprint density at radius 2 is 2.10 bits per heavy atom. The van der Waals surface area contributed by atoms with E-state index >= 15 is 0 Å². The van der Waals surface area contributed by atoms with Gasteiger partial charge in [0.1, 0.15) is 6.61 Å². The van der Waals surface area contributed by atoms with Crippen molar-refractivity contribution in [3.63, 3.8) is 0 Å². The van der Waals surface area contributed by atoms with Gasteiger partial charge in [-0.05, 0) is 18.1 Å². The summed E-state index contributed by atoms with van der Waals surface area (Å²) in [4.78, 5) is 4.01. The predicted molar refractivity (Wildman–Crippen MR) is 38.6 cm³/mol. The molecule has 0 heterocycles. The van der Waals surface area contributed by atoms with Gasteiger partial charge in [-0.3, -0.25) is 5.26 Å². The number of hydrogen-bond acceptors (Lipinski definition) is 2. The third-order valence-corrected chi connectivity index (χ3v) is 1.48. The molecule has 0 amide bonds. The molecule has 0 aromatic heterocycles. The van der Waals surface area contributed by atoms with Crippen LogP contribution in [0.1, 0.15) is 11.1 Å². The average molecular weight is 138 g/mol. The Kier molecular flexibility index (Phi) is 2.42. The summed E-state index contributed by atoms with van der Waals surface area (Å²) in [5.41, 5.74) is 2.15. The van der Waals surface area contributed by atoms with Crippen LogP contribution >= 0.6 is 0 Å². The molecule has 10 heavy (non-hydrogen) atoms. The zero-order valence-electron chi connectivity index (χ0n) is 5.87. The summed E-state index contributed by atoms with van der Waals surface area (Å²) in [6.45, 7) is 2.25. The summed E-state index contributed by atoms with van der Waals surface area (Å²) in [7, 11) is 0. The lowest BCUT2D eigenvalue weighted by molar-refractivity contribution is -0.253. The Labute approximate surface area is 60.0 Å². The molecule has 1 N–H and O–H groups in total. The molecule has 2 heteroatoms. The van der Waals surface area contributed by atoms with Crippen molar-refractivity contribution in [1.82, 2.24) is 0 Å². The Hall–Kier alpha value is -0.860. The molecule has 0 aliphatic heterocycles. The topological polar surface area (TPSA) is 29.5 Å². The Bertz CT molecular complexity index is 208. The van der Waals surface area contributed by atoms with E-state index in [0.717, 1.165) is 11.1 Å². The Morgan fingerprint density at radius 3 is 2.70 bits per heavy atom. The second-order valence-corrected chi connectivity index (χ2v) is 2.20. The van der Waals surface area contributed by atoms with Crippen molar-refractivity contribution in [3.05, 3.63) is 35.4 Å². The van der Waals surface area contributed by atoms with Crippen LogP contribution in [-0.2, 0) is 11.5 Å². The zero-order valence-corrected chi connectivity index (χ0v) is 5.87. The molecule has 0 unspecified atom stereocenters. The molecule has 1 aromatic carbocycles. The maximum absolute atomic E-state index is 8.14. The molecule has 1 aromatic rings. The van der Waals surface area contributed by atoms with Gasteiger partial charge in [0.05, 0.1) is 0 Å². The molecule has 0 fully saturated rings. The highest BCUT2D eigenvalue weighted by Gasteiger charge is 1.93. The molecular formula is C8H10O2. The summed E-state index contributed by atoms with van der Waals surface area (Å²) < 4.78 is 0. The minimum Gasteiger partial charge on any atom is -0.251 e. The van der Waals surface area contributed by atoms with E-state index in [4.69, 9.17) is 5.26 Å². The lowest BCUT2D eigenvalue weighted by Gasteiger charge is -2.00. The Morgan fingerprint density at radius 1 is 1.40 bits per heavy atom. The largest absolute Gasteiger partial charge is 0.251 e. The van der Waals surface area contributed by atoms with Crippen LogP contribution in [0.2, 0.25) is 0 Å². The van der Waals surface area contributed by atoms with Crippen LogP contribution < -0.4 is 0 Å². The van der Waals surface area contributed by atoms with Crippen molar-refractivity contribution in [2.45, 2.75) is 13.5 Å². The highest BCUT2D eigenvalue weighted by Crippen LogP contribution is 2.06. The summed E-state index contributed by atoms with van der Waals surface area (Å²) in [5, 5.41) is 8.14. The lowest BCUT2D eigenvalue weighted by atomic mass is 10.1. The minimum absolute atomic E-state index is 0.271. The third kappa shape index (κ3) is 1.56. The predicted octanol–water partition coefficient (Wildman–Crippen LogP) is 1.98. The highest BCUT2D eigenvalue weighted by molar-refractivity contribution is 5.24. The van der Waals surface area contributed by atoms with Gasteiger partial charge in [0.15, 0.2) is 0 Å². The van der Waals surface area contributed by atoms with Gasteiger partial charge in [-0.25, -0.2) is 4.89 Å². The minimum atomic E-state index is 0.271. The SMILES string of the molecule is Cc1ccccc1COO. The van der Waals surface area contributed by atoms with Crippen molar-refractivity contribution in [2.75, 3.05) is 0 Å². The van der Waals surface area contributed by atoms with E-state index in [0.29, 0.717) is 0 Å². The van der Waals surface area contributed by atoms with Crippen molar-refractivity contribution < 1.29 is 10.1 Å². The maximum atomic E-state index is 8.14. The van der Waals surface area contributed by atoms with E-state index in [1.54, 1.807) is 0 Å². The molecule has 0 atom stereocenters. The fourth-order valence-corrected chi connectivity index (χ4v) is 0.842. The first kappa shape index (κ1) is 7.25. The van der Waals surface area contributed by atoms with Gasteiger partial charge < -0.3 is 0 Å². The molecule has 2 nitrogen and oxygen atoms in total. The first-order valence-corrected chi connectivity index (χ1v) is 3.15. The van der Waals surface area contributed by atoms with E-state index in [9.17, 15) is 0 Å². The third-order valence-electron chi connectivity index (χ3n) is 1.48. The van der Waals surface area contributed by atoms with Gasteiger partial charge in [-0.1, -0.05) is 24.3 Å². The molecule has 0 aliphatic rings. The number of rotatable bonds is 2. The van der Waals surface area contributed by atoms with Crippen LogP contribution in [0.15, 0.2) is 24.3 Å². The molecule has 54 valence electrons. The molecule has 0 bridgehead atoms. The van der Waals surface area contributed by atoms with E-state index in [2.05, 4.69) is 4.89 Å². The summed E-state index contributed by atoms with van der Waals surface area (Å²) in [5.74, 6) is 0. The number of aryl methyl sites for hydroxylation is 1. The first-order chi connectivity index (χ1) is 4.84. The van der Waals surface area contributed by atoms with E-state index < -0.39 is 0 Å². The second kappa shape index (κ2) is 3.34. The van der Waals surface area contributed by atoms with Gasteiger partial charge >= 0.3 is 0 Å². The van der Waals surface area contributed by atoms with Gasteiger partial charge in [0.25, 0.3) is 0 Å². The molecular weight excluding hydrogens is 128 g/mol. The molecule has 1 rings (SSSR count). The number of hydrogen-bond donors (Lipinski definition) is 1. The summed E-state index contributed by atoms with van der Waals surface area (Å²) in [6.07, 6.45) is 0. The quantitative estimate of drug-likeness (QED) is 0.500. The fourth-order valence-electron chi connectivity index (χ4n) is 0.842. The molecule has 0 saturated carbocycles. The van der Waals surface area contributed by atoms with Crippen LogP contribution in [0.4, 0.5) is 0 Å². The van der Waals surface area contributed by atoms with Gasteiger partial charge in [-0.15, -0.1) is 0 Å². The zero-order chi connectivity index (χ0) is 7.40. The van der Waals surface area contributed by atoms with Crippen LogP contribution in [-0.4, -0.2) is 5.26 Å². The second-order valence-electron chi connectivity index (χ2n) is 2.20. The standard InChI is InChI=1S/C8H10O2/c1-7-4-2-3-5-8(7)6-10-9/h2-5,9H,6H2,1H3. The Balaban J connectivity index is 2.81. The van der Waals surface area contributed by atoms with E-state index in [1.807, 2.05) is 31.2 Å². The maximum Gasteiger partial charge on any atom is 0.107 e. The highest BCUT2D eigenvalue weighted by atomic mass is 17.1. The smallest absolute Gasteiger partial charge is 0.107 e. The van der Waals surface area contributed by atoms with Gasteiger partial charge in [-0.2, -0.15) is 0 Å². The summed E-state index contributed by atoms with van der Waals surface area (Å²) in [6, 6.07) is 7.78. The van der Waals surface area contributed by atoms with E-state index in [1.165, 1.54) is 0 Å². The first-order valence-electron chi connectivity index (χ1n) is 3.15. The molecule has 0 spiro atoms. The molecule has 0 saturated heterocycles. The van der Waals surface area contributed by atoms with Crippen LogP contribution in [0.25, 0.3) is 0 Å². The molecule has 0 radical (unpaired) electrons. The summed E-state index contributed by atoms with van der Waals surface area (Å²) >= 11 is 0. The number of benzene rings is 1. The van der Waals surface area contributed by atoms with Gasteiger partial charge in [0, 0.05) is 0 Å². The monoisotopic (exact) mass is 138 g/mol. The van der Waals surface area contributed by atoms with Crippen molar-refractivity contribution in [3.8, 4) is 0 Å². The van der Waals surface area contributed by atoms with Crippen molar-refractivity contribution in [1.29, 1.82) is 0 Å². The fraction of sp³-hybridized carbons (Fsp3) is 0.250. The van der Waals surface area contributed by atoms with Crippen LogP contribution in [0.5, 0.6) is 0 Å².